The molecule has 2 rings (SSSR count). The third-order valence-corrected chi connectivity index (χ3v) is 2.84. The predicted octanol–water partition coefficient (Wildman–Crippen LogP) is 2.20. The summed E-state index contributed by atoms with van der Waals surface area (Å²) in [6.45, 7) is 3.32. The fourth-order valence-electron chi connectivity index (χ4n) is 1.88. The van der Waals surface area contributed by atoms with Gasteiger partial charge in [0.15, 0.2) is 0 Å². The highest BCUT2D eigenvalue weighted by Crippen LogP contribution is 2.09. The molecule has 0 aliphatic heterocycles. The van der Waals surface area contributed by atoms with E-state index in [4.69, 9.17) is 0 Å². The molecular formula is C14H18FN3. The topological polar surface area (TPSA) is 29.9 Å². The first-order chi connectivity index (χ1) is 8.65. The molecule has 96 valence electrons. The van der Waals surface area contributed by atoms with Crippen LogP contribution >= 0.6 is 0 Å². The van der Waals surface area contributed by atoms with Crippen LogP contribution in [0.5, 0.6) is 0 Å². The maximum absolute atomic E-state index is 13.5. The molecule has 2 aromatic rings. The molecule has 0 saturated carbocycles. The highest BCUT2D eigenvalue weighted by atomic mass is 19.1. The minimum absolute atomic E-state index is 0.147. The molecular weight excluding hydrogens is 229 g/mol. The van der Waals surface area contributed by atoms with E-state index >= 15 is 0 Å². The van der Waals surface area contributed by atoms with E-state index in [0.717, 1.165) is 29.8 Å². The molecule has 0 radical (unpaired) electrons. The molecule has 0 unspecified atom stereocenters. The van der Waals surface area contributed by atoms with Crippen LogP contribution in [0.1, 0.15) is 16.8 Å². The van der Waals surface area contributed by atoms with Gasteiger partial charge in [-0.3, -0.25) is 4.68 Å². The second-order valence-electron chi connectivity index (χ2n) is 4.50. The van der Waals surface area contributed by atoms with Gasteiger partial charge in [-0.15, -0.1) is 0 Å². The Morgan fingerprint density at radius 3 is 2.89 bits per heavy atom. The van der Waals surface area contributed by atoms with Crippen LogP contribution in [0.15, 0.2) is 30.5 Å². The van der Waals surface area contributed by atoms with Crippen molar-refractivity contribution in [3.05, 3.63) is 53.1 Å². The first-order valence-electron chi connectivity index (χ1n) is 6.09. The Labute approximate surface area is 107 Å². The number of hydrogen-bond acceptors (Lipinski definition) is 2. The zero-order valence-corrected chi connectivity index (χ0v) is 10.8. The van der Waals surface area contributed by atoms with Crippen LogP contribution < -0.4 is 5.32 Å². The van der Waals surface area contributed by atoms with Gasteiger partial charge in [0.2, 0.25) is 0 Å². The lowest BCUT2D eigenvalue weighted by molar-refractivity contribution is 0.586. The second kappa shape index (κ2) is 5.78. The number of aryl methyl sites for hydroxylation is 2. The third-order valence-electron chi connectivity index (χ3n) is 2.84. The summed E-state index contributed by atoms with van der Waals surface area (Å²) in [7, 11) is 1.90. The molecule has 1 heterocycles. The van der Waals surface area contributed by atoms with Gasteiger partial charge in [0.25, 0.3) is 0 Å². The van der Waals surface area contributed by atoms with Gasteiger partial charge in [-0.05, 0) is 19.1 Å². The number of hydrogen-bond donors (Lipinski definition) is 1. The fourth-order valence-corrected chi connectivity index (χ4v) is 1.88. The summed E-state index contributed by atoms with van der Waals surface area (Å²) in [5.74, 6) is -0.147. The van der Waals surface area contributed by atoms with E-state index in [1.807, 2.05) is 32.3 Å². The zero-order valence-electron chi connectivity index (χ0n) is 10.8. The normalized spacial score (nSPS) is 10.8. The maximum atomic E-state index is 13.5. The van der Waals surface area contributed by atoms with Crippen LogP contribution in [-0.2, 0) is 20.0 Å². The quantitative estimate of drug-likeness (QED) is 0.821. The van der Waals surface area contributed by atoms with Crippen molar-refractivity contribution in [2.24, 2.45) is 7.05 Å². The molecule has 1 N–H and O–H groups in total. The highest BCUT2D eigenvalue weighted by molar-refractivity contribution is 5.23. The zero-order chi connectivity index (χ0) is 13.0. The summed E-state index contributed by atoms with van der Waals surface area (Å²) in [4.78, 5) is 0. The standard InChI is InChI=1S/C14H18FN3/c1-11-3-4-14(15)12(9-11)10-16-7-5-13-6-8-18(2)17-13/h3-4,6,8-9,16H,5,7,10H2,1-2H3. The van der Waals surface area contributed by atoms with Crippen LogP contribution in [0.25, 0.3) is 0 Å². The number of halogens is 1. The minimum Gasteiger partial charge on any atom is -0.312 e. The van der Waals surface area contributed by atoms with Crippen molar-refractivity contribution in [2.45, 2.75) is 19.9 Å². The average Bonchev–Trinajstić information content (AvgIpc) is 2.75. The van der Waals surface area contributed by atoms with Gasteiger partial charge >= 0.3 is 0 Å². The Morgan fingerprint density at radius 2 is 2.17 bits per heavy atom. The second-order valence-corrected chi connectivity index (χ2v) is 4.50. The van der Waals surface area contributed by atoms with E-state index in [2.05, 4.69) is 10.4 Å². The molecule has 18 heavy (non-hydrogen) atoms. The molecule has 1 aromatic carbocycles. The van der Waals surface area contributed by atoms with Crippen LogP contribution in [0.4, 0.5) is 4.39 Å². The molecule has 0 saturated heterocycles. The van der Waals surface area contributed by atoms with E-state index in [1.165, 1.54) is 6.07 Å². The Bertz CT molecular complexity index is 520. The summed E-state index contributed by atoms with van der Waals surface area (Å²) in [5, 5.41) is 7.53. The monoisotopic (exact) mass is 247 g/mol. The van der Waals surface area contributed by atoms with Gasteiger partial charge in [-0.25, -0.2) is 4.39 Å². The van der Waals surface area contributed by atoms with Crippen LogP contribution in [0, 0.1) is 12.7 Å². The lowest BCUT2D eigenvalue weighted by atomic mass is 10.1. The van der Waals surface area contributed by atoms with Crippen molar-refractivity contribution < 1.29 is 4.39 Å². The van der Waals surface area contributed by atoms with Crippen molar-refractivity contribution in [3.8, 4) is 0 Å². The van der Waals surface area contributed by atoms with Crippen molar-refractivity contribution in [1.29, 1.82) is 0 Å². The predicted molar refractivity (Wildman–Crippen MR) is 69.8 cm³/mol. The molecule has 0 aliphatic carbocycles. The average molecular weight is 247 g/mol. The van der Waals surface area contributed by atoms with Gasteiger partial charge in [-0.2, -0.15) is 5.10 Å². The van der Waals surface area contributed by atoms with E-state index in [-0.39, 0.29) is 5.82 Å². The molecule has 0 fully saturated rings. The summed E-state index contributed by atoms with van der Waals surface area (Å²) in [5.41, 5.74) is 2.85. The molecule has 0 aliphatic rings. The Hall–Kier alpha value is -1.68. The van der Waals surface area contributed by atoms with Crippen molar-refractivity contribution >= 4 is 0 Å². The molecule has 0 spiro atoms. The van der Waals surface area contributed by atoms with Crippen molar-refractivity contribution in [1.82, 2.24) is 15.1 Å². The summed E-state index contributed by atoms with van der Waals surface area (Å²) < 4.78 is 15.3. The van der Waals surface area contributed by atoms with Crippen molar-refractivity contribution in [3.63, 3.8) is 0 Å². The Balaban J connectivity index is 1.80. The number of nitrogens with one attached hydrogen (secondary N) is 1. The molecule has 0 bridgehead atoms. The SMILES string of the molecule is Cc1ccc(F)c(CNCCc2ccn(C)n2)c1. The largest absolute Gasteiger partial charge is 0.312 e. The minimum atomic E-state index is -0.147. The molecule has 0 amide bonds. The van der Waals surface area contributed by atoms with E-state index in [9.17, 15) is 4.39 Å². The molecule has 0 atom stereocenters. The Morgan fingerprint density at radius 1 is 1.33 bits per heavy atom. The van der Waals surface area contributed by atoms with Crippen LogP contribution in [0.3, 0.4) is 0 Å². The lowest BCUT2D eigenvalue weighted by Gasteiger charge is -2.06. The van der Waals surface area contributed by atoms with Crippen molar-refractivity contribution in [2.75, 3.05) is 6.54 Å². The fraction of sp³-hybridized carbons (Fsp3) is 0.357. The van der Waals surface area contributed by atoms with Crippen LogP contribution in [0.2, 0.25) is 0 Å². The van der Waals surface area contributed by atoms with Gasteiger partial charge in [0, 0.05) is 38.3 Å². The van der Waals surface area contributed by atoms with Gasteiger partial charge in [-0.1, -0.05) is 17.7 Å². The third kappa shape index (κ3) is 3.40. The summed E-state index contributed by atoms with van der Waals surface area (Å²) >= 11 is 0. The Kier molecular flexibility index (Phi) is 4.10. The van der Waals surface area contributed by atoms with E-state index in [1.54, 1.807) is 10.7 Å². The van der Waals surface area contributed by atoms with Crippen LogP contribution in [-0.4, -0.2) is 16.3 Å². The first kappa shape index (κ1) is 12.8. The number of nitrogens with zero attached hydrogens (tertiary/aromatic N) is 2. The maximum Gasteiger partial charge on any atom is 0.127 e. The van der Waals surface area contributed by atoms with E-state index in [0.29, 0.717) is 6.54 Å². The number of benzene rings is 1. The molecule has 1 aromatic heterocycles. The highest BCUT2D eigenvalue weighted by Gasteiger charge is 2.02. The van der Waals surface area contributed by atoms with E-state index < -0.39 is 0 Å². The van der Waals surface area contributed by atoms with Gasteiger partial charge < -0.3 is 5.32 Å². The van der Waals surface area contributed by atoms with Gasteiger partial charge in [0.05, 0.1) is 5.69 Å². The molecule has 4 heteroatoms. The number of aromatic nitrogens is 2. The summed E-state index contributed by atoms with van der Waals surface area (Å²) in [6, 6.07) is 7.18. The smallest absolute Gasteiger partial charge is 0.127 e. The van der Waals surface area contributed by atoms with Gasteiger partial charge in [0.1, 0.15) is 5.82 Å². The lowest BCUT2D eigenvalue weighted by Crippen LogP contribution is -2.17. The number of rotatable bonds is 5. The summed E-state index contributed by atoms with van der Waals surface area (Å²) in [6.07, 6.45) is 2.78. The molecule has 3 nitrogen and oxygen atoms in total. The first-order valence-corrected chi connectivity index (χ1v) is 6.09.